The monoisotopic (exact) mass is 404 g/mol. The number of hydrogen-bond donors (Lipinski definition) is 1. The van der Waals surface area contributed by atoms with E-state index in [-0.39, 0.29) is 5.91 Å². The molecule has 4 aromatic rings. The minimum absolute atomic E-state index is 0.135. The topological polar surface area (TPSA) is 67.4 Å². The van der Waals surface area contributed by atoms with Crippen molar-refractivity contribution >= 4 is 49.2 Å². The van der Waals surface area contributed by atoms with Gasteiger partial charge in [-0.15, -0.1) is 0 Å². The van der Waals surface area contributed by atoms with E-state index in [0.29, 0.717) is 5.56 Å². The van der Waals surface area contributed by atoms with Crippen LogP contribution in [0.4, 0.5) is 10.8 Å². The van der Waals surface area contributed by atoms with Gasteiger partial charge in [-0.3, -0.25) is 9.78 Å². The molecular weight excluding hydrogens is 384 g/mol. The Hall–Kier alpha value is -3.03. The van der Waals surface area contributed by atoms with Gasteiger partial charge < -0.3 is 15.0 Å². The minimum Gasteiger partial charge on any atom is -0.378 e. The number of rotatable bonds is 3. The first-order valence-corrected chi connectivity index (χ1v) is 10.4. The van der Waals surface area contributed by atoms with Crippen molar-refractivity contribution in [2.24, 2.45) is 0 Å². The summed E-state index contributed by atoms with van der Waals surface area (Å²) in [6.07, 6.45) is 0. The number of hydrogen-bond acceptors (Lipinski definition) is 6. The fourth-order valence-electron chi connectivity index (χ4n) is 3.57. The second-order valence-corrected chi connectivity index (χ2v) is 8.07. The van der Waals surface area contributed by atoms with Gasteiger partial charge in [-0.1, -0.05) is 29.5 Å². The number of amides is 1. The van der Waals surface area contributed by atoms with Crippen molar-refractivity contribution in [2.75, 3.05) is 36.5 Å². The normalized spacial score (nSPS) is 14.4. The summed E-state index contributed by atoms with van der Waals surface area (Å²) in [5, 5.41) is 4.89. The highest BCUT2D eigenvalue weighted by atomic mass is 32.1. The predicted octanol–water partition coefficient (Wildman–Crippen LogP) is 4.24. The van der Waals surface area contributed by atoms with Gasteiger partial charge in [0.25, 0.3) is 5.91 Å². The maximum atomic E-state index is 13.0. The van der Waals surface area contributed by atoms with Crippen LogP contribution in [0.5, 0.6) is 0 Å². The van der Waals surface area contributed by atoms with Crippen LogP contribution in [-0.2, 0) is 4.74 Å². The van der Waals surface area contributed by atoms with Crippen LogP contribution in [0.25, 0.3) is 21.1 Å². The lowest BCUT2D eigenvalue weighted by atomic mass is 10.1. The highest BCUT2D eigenvalue weighted by molar-refractivity contribution is 7.22. The highest BCUT2D eigenvalue weighted by Crippen LogP contribution is 2.31. The van der Waals surface area contributed by atoms with Crippen LogP contribution in [0.1, 0.15) is 16.1 Å². The van der Waals surface area contributed by atoms with Gasteiger partial charge in [-0.25, -0.2) is 4.98 Å². The van der Waals surface area contributed by atoms with Crippen molar-refractivity contribution < 1.29 is 9.53 Å². The smallest absolute Gasteiger partial charge is 0.256 e. The molecule has 1 aliphatic rings. The number of anilines is 2. The molecule has 0 spiro atoms. The lowest BCUT2D eigenvalue weighted by Crippen LogP contribution is -2.36. The molecule has 2 aromatic carbocycles. The van der Waals surface area contributed by atoms with Crippen molar-refractivity contribution in [2.45, 2.75) is 6.92 Å². The minimum atomic E-state index is -0.135. The summed E-state index contributed by atoms with van der Waals surface area (Å²) in [5.41, 5.74) is 3.98. The number of nitrogens with zero attached hydrogens (tertiary/aromatic N) is 3. The molecule has 1 fully saturated rings. The van der Waals surface area contributed by atoms with Gasteiger partial charge in [0, 0.05) is 29.9 Å². The molecule has 2 aromatic heterocycles. The first kappa shape index (κ1) is 18.0. The molecule has 1 amide bonds. The van der Waals surface area contributed by atoms with Crippen LogP contribution in [0.2, 0.25) is 0 Å². The van der Waals surface area contributed by atoms with Gasteiger partial charge in [0.2, 0.25) is 0 Å². The number of pyridine rings is 1. The molecule has 0 bridgehead atoms. The highest BCUT2D eigenvalue weighted by Gasteiger charge is 2.16. The van der Waals surface area contributed by atoms with Crippen LogP contribution < -0.4 is 10.2 Å². The molecule has 5 rings (SSSR count). The Labute approximate surface area is 172 Å². The quantitative estimate of drug-likeness (QED) is 0.553. The van der Waals surface area contributed by atoms with E-state index in [1.165, 1.54) is 0 Å². The van der Waals surface area contributed by atoms with Gasteiger partial charge in [0.15, 0.2) is 5.13 Å². The number of ether oxygens (including phenoxy) is 1. The zero-order valence-corrected chi connectivity index (χ0v) is 16.8. The molecule has 29 heavy (non-hydrogen) atoms. The molecule has 1 saturated heterocycles. The van der Waals surface area contributed by atoms with E-state index in [9.17, 15) is 4.79 Å². The fourth-order valence-corrected chi connectivity index (χ4v) is 4.63. The van der Waals surface area contributed by atoms with E-state index < -0.39 is 0 Å². The number of carbonyl (C=O) groups excluding carboxylic acids is 1. The van der Waals surface area contributed by atoms with E-state index in [4.69, 9.17) is 9.72 Å². The van der Waals surface area contributed by atoms with Crippen LogP contribution in [0.15, 0.2) is 48.5 Å². The standard InChI is InChI=1S/C22H20N4O2S/c1-14-12-17(16-4-2-3-5-18(16)23-14)21(27)24-15-6-7-19-20(13-15)29-22(25-19)26-8-10-28-11-9-26/h2-7,12-13H,8-11H2,1H3,(H,24,27). The van der Waals surface area contributed by atoms with E-state index in [0.717, 1.165) is 63.9 Å². The third-order valence-corrected chi connectivity index (χ3v) is 6.08. The molecule has 0 saturated carbocycles. The largest absolute Gasteiger partial charge is 0.378 e. The van der Waals surface area contributed by atoms with E-state index >= 15 is 0 Å². The summed E-state index contributed by atoms with van der Waals surface area (Å²) < 4.78 is 6.48. The Morgan fingerprint density at radius 2 is 1.90 bits per heavy atom. The van der Waals surface area contributed by atoms with Gasteiger partial charge in [0.05, 0.1) is 34.5 Å². The Morgan fingerprint density at radius 3 is 2.76 bits per heavy atom. The maximum absolute atomic E-state index is 13.0. The van der Waals surface area contributed by atoms with Gasteiger partial charge >= 0.3 is 0 Å². The SMILES string of the molecule is Cc1cc(C(=O)Nc2ccc3nc(N4CCOCC4)sc3c2)c2ccccc2n1. The van der Waals surface area contributed by atoms with Crippen LogP contribution in [0, 0.1) is 6.92 Å². The van der Waals surface area contributed by atoms with Crippen molar-refractivity contribution in [3.8, 4) is 0 Å². The Morgan fingerprint density at radius 1 is 1.07 bits per heavy atom. The number of fused-ring (bicyclic) bond motifs is 2. The Kier molecular flexibility index (Phi) is 4.61. The Balaban J connectivity index is 1.43. The van der Waals surface area contributed by atoms with Gasteiger partial charge in [-0.2, -0.15) is 0 Å². The second kappa shape index (κ2) is 7.42. The number of aryl methyl sites for hydroxylation is 1. The van der Waals surface area contributed by atoms with Crippen molar-refractivity contribution in [3.05, 3.63) is 59.8 Å². The van der Waals surface area contributed by atoms with Crippen LogP contribution >= 0.6 is 11.3 Å². The molecule has 6 nitrogen and oxygen atoms in total. The summed E-state index contributed by atoms with van der Waals surface area (Å²) >= 11 is 1.64. The summed E-state index contributed by atoms with van der Waals surface area (Å²) in [7, 11) is 0. The van der Waals surface area contributed by atoms with Gasteiger partial charge in [-0.05, 0) is 37.3 Å². The number of benzene rings is 2. The molecule has 1 aliphatic heterocycles. The van der Waals surface area contributed by atoms with E-state index in [1.54, 1.807) is 11.3 Å². The van der Waals surface area contributed by atoms with E-state index in [2.05, 4.69) is 15.2 Å². The molecule has 0 radical (unpaired) electrons. The molecule has 146 valence electrons. The lowest BCUT2D eigenvalue weighted by Gasteiger charge is -2.25. The third kappa shape index (κ3) is 3.54. The fraction of sp³-hybridized carbons (Fsp3) is 0.227. The average molecular weight is 404 g/mol. The zero-order valence-electron chi connectivity index (χ0n) is 16.0. The summed E-state index contributed by atoms with van der Waals surface area (Å²) in [6.45, 7) is 5.09. The van der Waals surface area contributed by atoms with Crippen molar-refractivity contribution in [1.82, 2.24) is 9.97 Å². The second-order valence-electron chi connectivity index (χ2n) is 7.06. The molecule has 3 heterocycles. The summed E-state index contributed by atoms with van der Waals surface area (Å²) in [4.78, 5) is 24.5. The predicted molar refractivity (Wildman–Crippen MR) is 117 cm³/mol. The third-order valence-electron chi connectivity index (χ3n) is 5.01. The first-order valence-electron chi connectivity index (χ1n) is 9.58. The average Bonchev–Trinajstić information content (AvgIpc) is 3.17. The number of aromatic nitrogens is 2. The summed E-state index contributed by atoms with van der Waals surface area (Å²) in [6, 6.07) is 15.4. The molecule has 0 aliphatic carbocycles. The molecule has 0 unspecified atom stereocenters. The number of carbonyl (C=O) groups is 1. The number of thiazole rings is 1. The number of para-hydroxylation sites is 1. The molecular formula is C22H20N4O2S. The van der Waals surface area contributed by atoms with Crippen molar-refractivity contribution in [3.63, 3.8) is 0 Å². The molecule has 0 atom stereocenters. The Bertz CT molecular complexity index is 1210. The molecule has 7 heteroatoms. The molecule has 1 N–H and O–H groups in total. The van der Waals surface area contributed by atoms with Crippen LogP contribution in [-0.4, -0.2) is 42.2 Å². The lowest BCUT2D eigenvalue weighted by molar-refractivity contribution is 0.102. The first-order chi connectivity index (χ1) is 14.2. The van der Waals surface area contributed by atoms with Gasteiger partial charge in [0.1, 0.15) is 0 Å². The van der Waals surface area contributed by atoms with Crippen LogP contribution in [0.3, 0.4) is 0 Å². The zero-order chi connectivity index (χ0) is 19.8. The van der Waals surface area contributed by atoms with Crippen molar-refractivity contribution in [1.29, 1.82) is 0 Å². The number of morpholine rings is 1. The number of nitrogens with one attached hydrogen (secondary N) is 1. The summed E-state index contributed by atoms with van der Waals surface area (Å²) in [5.74, 6) is -0.135. The maximum Gasteiger partial charge on any atom is 0.256 e. The van der Waals surface area contributed by atoms with E-state index in [1.807, 2.05) is 55.5 Å².